The SMILES string of the molecule is C[Si](C)(C)OC1(C#N)CCC1. The number of hydrogen-bond donors (Lipinski definition) is 0. The Morgan fingerprint density at radius 1 is 1.36 bits per heavy atom. The molecule has 0 unspecified atom stereocenters. The fourth-order valence-electron chi connectivity index (χ4n) is 1.32. The van der Waals surface area contributed by atoms with Gasteiger partial charge in [0.05, 0.1) is 6.07 Å². The maximum Gasteiger partial charge on any atom is 0.185 e. The van der Waals surface area contributed by atoms with Gasteiger partial charge >= 0.3 is 0 Å². The Balaban J connectivity index is 2.54. The summed E-state index contributed by atoms with van der Waals surface area (Å²) in [6.07, 6.45) is 3.03. The highest BCUT2D eigenvalue weighted by Gasteiger charge is 2.41. The Morgan fingerprint density at radius 3 is 2.00 bits per heavy atom. The van der Waals surface area contributed by atoms with E-state index in [4.69, 9.17) is 9.69 Å². The zero-order valence-corrected chi connectivity index (χ0v) is 8.48. The molecule has 0 aromatic carbocycles. The van der Waals surface area contributed by atoms with E-state index in [1.54, 1.807) is 0 Å². The molecule has 0 aromatic heterocycles. The first-order chi connectivity index (χ1) is 4.97. The van der Waals surface area contributed by atoms with Gasteiger partial charge in [-0.2, -0.15) is 5.26 Å². The smallest absolute Gasteiger partial charge is 0.185 e. The van der Waals surface area contributed by atoms with Crippen LogP contribution in [-0.4, -0.2) is 13.9 Å². The van der Waals surface area contributed by atoms with Crippen molar-refractivity contribution in [2.45, 2.75) is 44.5 Å². The predicted octanol–water partition coefficient (Wildman–Crippen LogP) is 2.28. The van der Waals surface area contributed by atoms with Crippen molar-refractivity contribution in [2.24, 2.45) is 0 Å². The van der Waals surface area contributed by atoms with Gasteiger partial charge in [-0.1, -0.05) is 0 Å². The van der Waals surface area contributed by atoms with Gasteiger partial charge in [-0.3, -0.25) is 0 Å². The maximum atomic E-state index is 8.85. The number of nitriles is 1. The van der Waals surface area contributed by atoms with Crippen molar-refractivity contribution in [1.82, 2.24) is 0 Å². The fraction of sp³-hybridized carbons (Fsp3) is 0.875. The van der Waals surface area contributed by atoms with Gasteiger partial charge in [0, 0.05) is 0 Å². The topological polar surface area (TPSA) is 33.0 Å². The molecule has 0 atom stereocenters. The van der Waals surface area contributed by atoms with Crippen molar-refractivity contribution in [2.75, 3.05) is 0 Å². The third-order valence-electron chi connectivity index (χ3n) is 1.87. The fourth-order valence-corrected chi connectivity index (χ4v) is 2.74. The second-order valence-corrected chi connectivity index (χ2v) is 8.60. The van der Waals surface area contributed by atoms with Crippen molar-refractivity contribution in [3.05, 3.63) is 0 Å². The molecule has 0 spiro atoms. The van der Waals surface area contributed by atoms with Crippen LogP contribution in [0.25, 0.3) is 0 Å². The van der Waals surface area contributed by atoms with Crippen molar-refractivity contribution in [1.29, 1.82) is 5.26 Å². The van der Waals surface area contributed by atoms with Crippen molar-refractivity contribution in [3.63, 3.8) is 0 Å². The monoisotopic (exact) mass is 169 g/mol. The van der Waals surface area contributed by atoms with Crippen LogP contribution in [0.3, 0.4) is 0 Å². The molecule has 2 nitrogen and oxygen atoms in total. The lowest BCUT2D eigenvalue weighted by atomic mass is 9.82. The maximum absolute atomic E-state index is 8.85. The first kappa shape index (κ1) is 8.76. The molecule has 0 aliphatic heterocycles. The lowest BCUT2D eigenvalue weighted by molar-refractivity contribution is 0.0404. The Kier molecular flexibility index (Phi) is 2.08. The molecule has 1 aliphatic rings. The molecule has 1 rings (SSSR count). The summed E-state index contributed by atoms with van der Waals surface area (Å²) in [6, 6.07) is 2.28. The molecule has 1 saturated carbocycles. The first-order valence-electron chi connectivity index (χ1n) is 4.09. The molecule has 62 valence electrons. The molecule has 0 aromatic rings. The molecule has 0 bridgehead atoms. The lowest BCUT2D eigenvalue weighted by Crippen LogP contribution is -2.46. The standard InChI is InChI=1S/C8H15NOSi/c1-11(2,3)10-8(7-9)5-4-6-8/h4-6H2,1-3H3. The van der Waals surface area contributed by atoms with Crippen LogP contribution in [0.1, 0.15) is 19.3 Å². The molecule has 0 heterocycles. The largest absolute Gasteiger partial charge is 0.400 e. The van der Waals surface area contributed by atoms with Crippen LogP contribution in [0.15, 0.2) is 0 Å². The molecule has 0 N–H and O–H groups in total. The number of rotatable bonds is 2. The first-order valence-corrected chi connectivity index (χ1v) is 7.50. The summed E-state index contributed by atoms with van der Waals surface area (Å²) < 4.78 is 5.79. The van der Waals surface area contributed by atoms with Crippen LogP contribution in [0, 0.1) is 11.3 Å². The molecule has 3 heteroatoms. The van der Waals surface area contributed by atoms with Crippen molar-refractivity contribution < 1.29 is 4.43 Å². The number of nitrogens with zero attached hydrogens (tertiary/aromatic N) is 1. The van der Waals surface area contributed by atoms with Gasteiger partial charge in [0.15, 0.2) is 8.32 Å². The van der Waals surface area contributed by atoms with Gasteiger partial charge < -0.3 is 4.43 Å². The van der Waals surface area contributed by atoms with Crippen LogP contribution in [0.2, 0.25) is 19.6 Å². The van der Waals surface area contributed by atoms with E-state index in [0.29, 0.717) is 0 Å². The molecule has 0 amide bonds. The average molecular weight is 169 g/mol. The third-order valence-corrected chi connectivity index (χ3v) is 2.87. The molecule has 1 fully saturated rings. The summed E-state index contributed by atoms with van der Waals surface area (Å²) in [4.78, 5) is 0. The van der Waals surface area contributed by atoms with Gasteiger partial charge in [-0.15, -0.1) is 0 Å². The van der Waals surface area contributed by atoms with E-state index in [-0.39, 0.29) is 5.60 Å². The highest BCUT2D eigenvalue weighted by Crippen LogP contribution is 2.37. The highest BCUT2D eigenvalue weighted by atomic mass is 28.4. The van der Waals surface area contributed by atoms with Crippen LogP contribution in [-0.2, 0) is 4.43 Å². The van der Waals surface area contributed by atoms with E-state index >= 15 is 0 Å². The number of hydrogen-bond acceptors (Lipinski definition) is 2. The Labute approximate surface area is 69.3 Å². The Hall–Kier alpha value is -0.333. The second kappa shape index (κ2) is 2.61. The van der Waals surface area contributed by atoms with Crippen molar-refractivity contribution in [3.8, 4) is 6.07 Å². The van der Waals surface area contributed by atoms with Crippen LogP contribution >= 0.6 is 0 Å². The Morgan fingerprint density at radius 2 is 1.91 bits per heavy atom. The van der Waals surface area contributed by atoms with Gasteiger partial charge in [0.2, 0.25) is 0 Å². The highest BCUT2D eigenvalue weighted by molar-refractivity contribution is 6.69. The molecule has 1 aliphatic carbocycles. The van der Waals surface area contributed by atoms with Crippen LogP contribution in [0.4, 0.5) is 0 Å². The summed E-state index contributed by atoms with van der Waals surface area (Å²) >= 11 is 0. The molecule has 0 saturated heterocycles. The van der Waals surface area contributed by atoms with E-state index < -0.39 is 8.32 Å². The van der Waals surface area contributed by atoms with E-state index in [1.807, 2.05) is 0 Å². The molecule has 0 radical (unpaired) electrons. The van der Waals surface area contributed by atoms with Gasteiger partial charge in [-0.05, 0) is 38.9 Å². The molecule has 11 heavy (non-hydrogen) atoms. The lowest BCUT2D eigenvalue weighted by Gasteiger charge is -2.40. The second-order valence-electron chi connectivity index (χ2n) is 4.17. The quantitative estimate of drug-likeness (QED) is 0.594. The average Bonchev–Trinajstić information content (AvgIpc) is 1.77. The summed E-state index contributed by atoms with van der Waals surface area (Å²) in [5.41, 5.74) is -0.384. The normalized spacial score (nSPS) is 22.0. The van der Waals surface area contributed by atoms with Crippen LogP contribution < -0.4 is 0 Å². The van der Waals surface area contributed by atoms with Crippen LogP contribution in [0.5, 0.6) is 0 Å². The summed E-state index contributed by atoms with van der Waals surface area (Å²) in [5, 5.41) is 8.85. The van der Waals surface area contributed by atoms with E-state index in [2.05, 4.69) is 25.7 Å². The summed E-state index contributed by atoms with van der Waals surface area (Å²) in [7, 11) is -1.51. The van der Waals surface area contributed by atoms with Gasteiger partial charge in [-0.25, -0.2) is 0 Å². The minimum Gasteiger partial charge on any atom is -0.400 e. The van der Waals surface area contributed by atoms with Crippen molar-refractivity contribution >= 4 is 8.32 Å². The predicted molar refractivity (Wildman–Crippen MR) is 46.6 cm³/mol. The van der Waals surface area contributed by atoms with Gasteiger partial charge in [0.25, 0.3) is 0 Å². The molecular formula is C8H15NOSi. The zero-order valence-electron chi connectivity index (χ0n) is 7.48. The van der Waals surface area contributed by atoms with E-state index in [1.165, 1.54) is 0 Å². The van der Waals surface area contributed by atoms with E-state index in [0.717, 1.165) is 19.3 Å². The minimum atomic E-state index is -1.51. The summed E-state index contributed by atoms with van der Waals surface area (Å²) in [6.45, 7) is 6.39. The minimum absolute atomic E-state index is 0.384. The third kappa shape index (κ3) is 2.05. The zero-order chi connectivity index (χ0) is 8.54. The Bertz CT molecular complexity index is 185. The van der Waals surface area contributed by atoms with Gasteiger partial charge in [0.1, 0.15) is 5.60 Å². The summed E-state index contributed by atoms with van der Waals surface area (Å²) in [5.74, 6) is 0. The molecular weight excluding hydrogens is 154 g/mol. The van der Waals surface area contributed by atoms with E-state index in [9.17, 15) is 0 Å².